The Kier molecular flexibility index (Phi) is 8.40. The van der Waals surface area contributed by atoms with Crippen LogP contribution in [0.4, 0.5) is 0 Å². The third-order valence-corrected chi connectivity index (χ3v) is 9.79. The summed E-state index contributed by atoms with van der Waals surface area (Å²) in [6, 6.07) is 0. The van der Waals surface area contributed by atoms with Crippen molar-refractivity contribution < 1.29 is 15.3 Å². The molecular formula is C30H50O3. The van der Waals surface area contributed by atoms with Crippen LogP contribution >= 0.6 is 0 Å². The second kappa shape index (κ2) is 10.4. The maximum atomic E-state index is 10.5. The quantitative estimate of drug-likeness (QED) is 0.311. The third-order valence-electron chi connectivity index (χ3n) is 9.79. The van der Waals surface area contributed by atoms with Crippen LogP contribution in [0.25, 0.3) is 0 Å². The molecule has 2 unspecified atom stereocenters. The van der Waals surface area contributed by atoms with E-state index in [0.717, 1.165) is 18.8 Å². The van der Waals surface area contributed by atoms with Crippen LogP contribution in [0.15, 0.2) is 35.5 Å². The lowest BCUT2D eigenvalue weighted by molar-refractivity contribution is 0.0596. The fourth-order valence-corrected chi connectivity index (χ4v) is 7.39. The van der Waals surface area contributed by atoms with Crippen LogP contribution in [0.1, 0.15) is 99.3 Å². The van der Waals surface area contributed by atoms with E-state index >= 15 is 0 Å². The van der Waals surface area contributed by atoms with Crippen LogP contribution in [0, 0.1) is 35.0 Å². The van der Waals surface area contributed by atoms with E-state index < -0.39 is 17.8 Å². The van der Waals surface area contributed by atoms with Crippen molar-refractivity contribution in [1.82, 2.24) is 0 Å². The Hall–Kier alpha value is -0.900. The van der Waals surface area contributed by atoms with Gasteiger partial charge in [-0.2, -0.15) is 0 Å². The minimum absolute atomic E-state index is 0.0662. The average Bonchev–Trinajstić information content (AvgIpc) is 3.08. The van der Waals surface area contributed by atoms with E-state index in [1.807, 2.05) is 13.8 Å². The van der Waals surface area contributed by atoms with Crippen LogP contribution in [0.3, 0.4) is 0 Å². The smallest absolute Gasteiger partial charge is 0.0809 e. The van der Waals surface area contributed by atoms with Gasteiger partial charge in [0, 0.05) is 0 Å². The van der Waals surface area contributed by atoms with E-state index in [-0.39, 0.29) is 11.8 Å². The molecule has 8 atom stereocenters. The Balaban J connectivity index is 1.75. The van der Waals surface area contributed by atoms with Crippen molar-refractivity contribution >= 4 is 0 Å². The topological polar surface area (TPSA) is 60.7 Å². The van der Waals surface area contributed by atoms with Gasteiger partial charge in [0.1, 0.15) is 0 Å². The molecule has 3 fully saturated rings. The molecule has 0 spiro atoms. The highest BCUT2D eigenvalue weighted by Crippen LogP contribution is 2.60. The molecule has 0 amide bonds. The zero-order valence-corrected chi connectivity index (χ0v) is 22.1. The first kappa shape index (κ1) is 26.7. The van der Waals surface area contributed by atoms with Gasteiger partial charge in [-0.25, -0.2) is 0 Å². The molecule has 0 aromatic carbocycles. The molecule has 3 aliphatic carbocycles. The Morgan fingerprint density at radius 2 is 1.82 bits per heavy atom. The molecule has 188 valence electrons. The van der Waals surface area contributed by atoms with Gasteiger partial charge in [-0.1, -0.05) is 70.4 Å². The molecule has 3 nitrogen and oxygen atoms in total. The largest absolute Gasteiger partial charge is 0.390 e. The monoisotopic (exact) mass is 458 g/mol. The van der Waals surface area contributed by atoms with Gasteiger partial charge in [-0.05, 0) is 99.4 Å². The van der Waals surface area contributed by atoms with E-state index in [2.05, 4.69) is 46.4 Å². The van der Waals surface area contributed by atoms with E-state index in [0.29, 0.717) is 29.2 Å². The van der Waals surface area contributed by atoms with Crippen molar-refractivity contribution in [1.29, 1.82) is 0 Å². The molecular weight excluding hydrogens is 408 g/mol. The lowest BCUT2D eigenvalue weighted by atomic mass is 9.60. The second-order valence-electron chi connectivity index (χ2n) is 12.6. The first-order chi connectivity index (χ1) is 15.3. The highest BCUT2D eigenvalue weighted by atomic mass is 16.3. The van der Waals surface area contributed by atoms with Crippen molar-refractivity contribution in [2.75, 3.05) is 0 Å². The molecule has 3 saturated carbocycles. The van der Waals surface area contributed by atoms with Crippen molar-refractivity contribution in [3.63, 3.8) is 0 Å². The number of allylic oxidation sites excluding steroid dienone is 3. The molecule has 0 aliphatic heterocycles. The van der Waals surface area contributed by atoms with Crippen LogP contribution in [0.2, 0.25) is 0 Å². The van der Waals surface area contributed by atoms with Gasteiger partial charge in [0.05, 0.1) is 17.8 Å². The third kappa shape index (κ3) is 5.85. The number of aliphatic hydroxyl groups is 3. The fourth-order valence-electron chi connectivity index (χ4n) is 7.39. The van der Waals surface area contributed by atoms with Crippen molar-refractivity contribution in [3.8, 4) is 0 Å². The predicted molar refractivity (Wildman–Crippen MR) is 138 cm³/mol. The summed E-state index contributed by atoms with van der Waals surface area (Å²) in [4.78, 5) is 0. The van der Waals surface area contributed by atoms with Gasteiger partial charge in [-0.3, -0.25) is 0 Å². The summed E-state index contributed by atoms with van der Waals surface area (Å²) in [5, 5.41) is 31.2. The Labute approximate surface area is 203 Å². The van der Waals surface area contributed by atoms with Crippen molar-refractivity contribution in [2.24, 2.45) is 35.0 Å². The average molecular weight is 459 g/mol. The van der Waals surface area contributed by atoms with Gasteiger partial charge in [0.2, 0.25) is 0 Å². The van der Waals surface area contributed by atoms with Gasteiger partial charge >= 0.3 is 0 Å². The lowest BCUT2D eigenvalue weighted by Crippen LogP contribution is -2.36. The first-order valence-corrected chi connectivity index (χ1v) is 13.5. The molecule has 33 heavy (non-hydrogen) atoms. The molecule has 0 radical (unpaired) electrons. The summed E-state index contributed by atoms with van der Waals surface area (Å²) in [5.41, 5.74) is 3.22. The second-order valence-corrected chi connectivity index (χ2v) is 12.6. The molecule has 0 aromatic heterocycles. The van der Waals surface area contributed by atoms with Crippen molar-refractivity contribution in [3.05, 3.63) is 35.5 Å². The molecule has 3 rings (SSSR count). The number of fused-ring (bicyclic) bond motifs is 1. The molecule has 0 saturated heterocycles. The van der Waals surface area contributed by atoms with Gasteiger partial charge in [0.25, 0.3) is 0 Å². The highest BCUT2D eigenvalue weighted by molar-refractivity contribution is 5.29. The highest BCUT2D eigenvalue weighted by Gasteiger charge is 2.50. The van der Waals surface area contributed by atoms with Crippen LogP contribution < -0.4 is 0 Å². The number of rotatable bonds is 6. The normalized spacial score (nSPS) is 41.3. The maximum Gasteiger partial charge on any atom is 0.0809 e. The number of hydrogen-bond donors (Lipinski definition) is 3. The van der Waals surface area contributed by atoms with E-state index in [4.69, 9.17) is 0 Å². The minimum atomic E-state index is -0.658. The maximum absolute atomic E-state index is 10.5. The van der Waals surface area contributed by atoms with E-state index in [1.165, 1.54) is 44.1 Å². The van der Waals surface area contributed by atoms with Crippen LogP contribution in [0.5, 0.6) is 0 Å². The Morgan fingerprint density at radius 3 is 2.48 bits per heavy atom. The molecule has 0 heterocycles. The molecule has 3 heteroatoms. The summed E-state index contributed by atoms with van der Waals surface area (Å²) in [6.45, 7) is 17.0. The minimum Gasteiger partial charge on any atom is -0.390 e. The van der Waals surface area contributed by atoms with Crippen molar-refractivity contribution in [2.45, 2.75) is 117 Å². The molecule has 0 aromatic rings. The Morgan fingerprint density at radius 1 is 1.15 bits per heavy atom. The van der Waals surface area contributed by atoms with E-state index in [1.54, 1.807) is 5.57 Å². The number of aliphatic hydroxyl groups excluding tert-OH is 2. The standard InChI is InChI=1S/C30H50O3/c1-19(10-8-16-29(5,6)33)25-14-15-26-23(11-9-17-30(25,26)7)12-13-24-18-27(31)22(4)28(32)21(3)20(24)2/h12-13,19-21,25-28,31-33H,4,8-11,14-18H2,1-3,5-7H3/b23-12+,24-13+/t19-,20?,21?,25+,26-,27+,28+,30+/m0/s1. The molecule has 0 bridgehead atoms. The lowest BCUT2D eigenvalue weighted by Gasteiger charge is -2.44. The number of hydrogen-bond acceptors (Lipinski definition) is 3. The molecule has 3 N–H and O–H groups in total. The Bertz CT molecular complexity index is 757. The molecule has 3 aliphatic rings. The summed E-state index contributed by atoms with van der Waals surface area (Å²) >= 11 is 0. The first-order valence-electron chi connectivity index (χ1n) is 13.5. The fraction of sp³-hybridized carbons (Fsp3) is 0.800. The van der Waals surface area contributed by atoms with Gasteiger partial charge in [0.15, 0.2) is 0 Å². The van der Waals surface area contributed by atoms with Crippen LogP contribution in [-0.2, 0) is 0 Å². The summed E-state index contributed by atoms with van der Waals surface area (Å²) < 4.78 is 0. The van der Waals surface area contributed by atoms with Crippen LogP contribution in [-0.4, -0.2) is 33.1 Å². The summed E-state index contributed by atoms with van der Waals surface area (Å²) in [7, 11) is 0. The van der Waals surface area contributed by atoms with Gasteiger partial charge in [-0.15, -0.1) is 0 Å². The zero-order valence-electron chi connectivity index (χ0n) is 22.1. The predicted octanol–water partition coefficient (Wildman–Crippen LogP) is 6.59. The summed E-state index contributed by atoms with van der Waals surface area (Å²) in [5.74, 6) is 2.42. The van der Waals surface area contributed by atoms with E-state index in [9.17, 15) is 15.3 Å². The zero-order chi connectivity index (χ0) is 24.6. The summed E-state index contributed by atoms with van der Waals surface area (Å²) in [6.07, 6.45) is 13.5. The van der Waals surface area contributed by atoms with Gasteiger partial charge < -0.3 is 15.3 Å². The SMILES string of the molecule is C=C1[C@H](O)C/C(=C\C=C2/CCC[C@]3(C)[C@@H]([C@@H](C)CCCC(C)(C)O)CC[C@@H]23)C(C)C(C)[C@H]1O.